The smallest absolute Gasteiger partial charge is 0.251 e. The molecule has 21 heavy (non-hydrogen) atoms. The van der Waals surface area contributed by atoms with Gasteiger partial charge in [-0.1, -0.05) is 37.8 Å². The van der Waals surface area contributed by atoms with Crippen LogP contribution in [0.1, 0.15) is 48.9 Å². The van der Waals surface area contributed by atoms with Crippen molar-refractivity contribution in [2.24, 2.45) is 0 Å². The Hall–Kier alpha value is -2.10. The molecular formula is C17H20N2O2. The van der Waals surface area contributed by atoms with E-state index in [1.165, 1.54) is 32.1 Å². The zero-order chi connectivity index (χ0) is 14.5. The lowest BCUT2D eigenvalue weighted by molar-refractivity contribution is 0.0933. The minimum atomic E-state index is 0.0195. The summed E-state index contributed by atoms with van der Waals surface area (Å²) in [6, 6.07) is 7.78. The molecule has 110 valence electrons. The predicted octanol–water partition coefficient (Wildman–Crippen LogP) is 3.79. The van der Waals surface area contributed by atoms with Gasteiger partial charge in [0, 0.05) is 17.2 Å². The molecule has 1 aliphatic carbocycles. The zero-order valence-corrected chi connectivity index (χ0v) is 12.0. The first-order chi connectivity index (χ1) is 10.3. The Morgan fingerprint density at radius 2 is 1.81 bits per heavy atom. The van der Waals surface area contributed by atoms with Gasteiger partial charge in [0.15, 0.2) is 12.2 Å². The summed E-state index contributed by atoms with van der Waals surface area (Å²) in [7, 11) is 0. The molecule has 2 aromatic rings. The van der Waals surface area contributed by atoms with Gasteiger partial charge < -0.3 is 9.73 Å². The van der Waals surface area contributed by atoms with Crippen LogP contribution < -0.4 is 5.32 Å². The van der Waals surface area contributed by atoms with Gasteiger partial charge in [-0.2, -0.15) is 0 Å². The van der Waals surface area contributed by atoms with E-state index in [-0.39, 0.29) is 5.91 Å². The van der Waals surface area contributed by atoms with E-state index in [2.05, 4.69) is 10.3 Å². The average molecular weight is 284 g/mol. The Balaban J connectivity index is 1.64. The maximum atomic E-state index is 12.3. The first-order valence-corrected chi connectivity index (χ1v) is 7.63. The first kappa shape index (κ1) is 13.9. The summed E-state index contributed by atoms with van der Waals surface area (Å²) in [4.78, 5) is 16.2. The third-order valence-electron chi connectivity index (χ3n) is 4.05. The first-order valence-electron chi connectivity index (χ1n) is 7.63. The van der Waals surface area contributed by atoms with E-state index in [0.717, 1.165) is 18.4 Å². The molecule has 0 unspecified atom stereocenters. The third kappa shape index (κ3) is 3.51. The molecule has 1 aromatic heterocycles. The normalized spacial score (nSPS) is 16.4. The average Bonchev–Trinajstić information content (AvgIpc) is 2.93. The third-order valence-corrected chi connectivity index (χ3v) is 4.05. The second-order valence-electron chi connectivity index (χ2n) is 5.60. The summed E-state index contributed by atoms with van der Waals surface area (Å²) in [6.45, 7) is 0. The van der Waals surface area contributed by atoms with Crippen molar-refractivity contribution < 1.29 is 9.21 Å². The van der Waals surface area contributed by atoms with Crippen LogP contribution in [0.25, 0.3) is 11.3 Å². The number of carbonyl (C=O) groups excluding carboxylic acids is 1. The Morgan fingerprint density at radius 3 is 2.43 bits per heavy atom. The van der Waals surface area contributed by atoms with E-state index in [4.69, 9.17) is 4.42 Å². The van der Waals surface area contributed by atoms with Gasteiger partial charge in [-0.3, -0.25) is 4.79 Å². The fraction of sp³-hybridized carbons (Fsp3) is 0.412. The summed E-state index contributed by atoms with van der Waals surface area (Å²) in [5.74, 6) is 0.733. The topological polar surface area (TPSA) is 55.1 Å². The minimum absolute atomic E-state index is 0.0195. The van der Waals surface area contributed by atoms with Gasteiger partial charge in [0.1, 0.15) is 0 Å². The molecule has 1 N–H and O–H groups in total. The number of carbonyl (C=O) groups is 1. The fourth-order valence-electron chi connectivity index (χ4n) is 2.84. The molecule has 1 aliphatic rings. The highest BCUT2D eigenvalue weighted by molar-refractivity contribution is 5.94. The Morgan fingerprint density at radius 1 is 1.10 bits per heavy atom. The maximum Gasteiger partial charge on any atom is 0.251 e. The van der Waals surface area contributed by atoms with Gasteiger partial charge in [-0.15, -0.1) is 0 Å². The van der Waals surface area contributed by atoms with Crippen LogP contribution in [0.5, 0.6) is 0 Å². The van der Waals surface area contributed by atoms with Crippen molar-refractivity contribution in [1.82, 2.24) is 10.3 Å². The number of nitrogens with one attached hydrogen (secondary N) is 1. The van der Waals surface area contributed by atoms with E-state index in [1.54, 1.807) is 6.20 Å². The standard InChI is InChI=1S/C17H20N2O2/c20-17(19-15-5-3-1-2-4-6-15)14-9-7-13(8-10-14)16-11-18-12-21-16/h7-12,15H,1-6H2,(H,19,20). The Labute approximate surface area is 124 Å². The molecule has 4 heteroatoms. The highest BCUT2D eigenvalue weighted by atomic mass is 16.3. The molecule has 0 spiro atoms. The Bertz CT molecular complexity index is 567. The summed E-state index contributed by atoms with van der Waals surface area (Å²) in [6.07, 6.45) is 10.3. The van der Waals surface area contributed by atoms with Crippen molar-refractivity contribution in [3.8, 4) is 11.3 Å². The van der Waals surface area contributed by atoms with Crippen molar-refractivity contribution in [3.63, 3.8) is 0 Å². The molecule has 3 rings (SSSR count). The summed E-state index contributed by atoms with van der Waals surface area (Å²) in [5, 5.41) is 3.15. The van der Waals surface area contributed by atoms with Crippen molar-refractivity contribution in [2.45, 2.75) is 44.6 Å². The van der Waals surface area contributed by atoms with E-state index in [1.807, 2.05) is 24.3 Å². The Kier molecular flexibility index (Phi) is 4.34. The van der Waals surface area contributed by atoms with Crippen LogP contribution in [-0.4, -0.2) is 16.9 Å². The highest BCUT2D eigenvalue weighted by Crippen LogP contribution is 2.20. The number of benzene rings is 1. The molecule has 0 saturated heterocycles. The van der Waals surface area contributed by atoms with Crippen LogP contribution in [0.2, 0.25) is 0 Å². The molecule has 0 aliphatic heterocycles. The number of oxazole rings is 1. The molecule has 0 bridgehead atoms. The van der Waals surface area contributed by atoms with Gasteiger partial charge in [0.2, 0.25) is 0 Å². The lowest BCUT2D eigenvalue weighted by Gasteiger charge is -2.16. The summed E-state index contributed by atoms with van der Waals surface area (Å²) >= 11 is 0. The number of aromatic nitrogens is 1. The number of amides is 1. The number of hydrogen-bond donors (Lipinski definition) is 1. The monoisotopic (exact) mass is 284 g/mol. The van der Waals surface area contributed by atoms with Crippen LogP contribution in [0.3, 0.4) is 0 Å². The molecule has 1 saturated carbocycles. The SMILES string of the molecule is O=C(NC1CCCCCC1)c1ccc(-c2cnco2)cc1. The zero-order valence-electron chi connectivity index (χ0n) is 12.0. The lowest BCUT2D eigenvalue weighted by atomic mass is 10.1. The number of nitrogens with zero attached hydrogens (tertiary/aromatic N) is 1. The molecule has 0 radical (unpaired) electrons. The quantitative estimate of drug-likeness (QED) is 0.872. The molecule has 1 fully saturated rings. The van der Waals surface area contributed by atoms with Crippen LogP contribution in [0, 0.1) is 0 Å². The van der Waals surface area contributed by atoms with Gasteiger partial charge in [-0.25, -0.2) is 4.98 Å². The van der Waals surface area contributed by atoms with Crippen molar-refractivity contribution in [1.29, 1.82) is 0 Å². The van der Waals surface area contributed by atoms with E-state index >= 15 is 0 Å². The highest BCUT2D eigenvalue weighted by Gasteiger charge is 2.15. The van der Waals surface area contributed by atoms with Crippen molar-refractivity contribution in [3.05, 3.63) is 42.4 Å². The van der Waals surface area contributed by atoms with Crippen molar-refractivity contribution >= 4 is 5.91 Å². The van der Waals surface area contributed by atoms with Gasteiger partial charge in [0.05, 0.1) is 6.20 Å². The van der Waals surface area contributed by atoms with Crippen LogP contribution in [0.15, 0.2) is 41.3 Å². The van der Waals surface area contributed by atoms with Crippen LogP contribution >= 0.6 is 0 Å². The van der Waals surface area contributed by atoms with E-state index < -0.39 is 0 Å². The minimum Gasteiger partial charge on any atom is -0.444 e. The fourth-order valence-corrected chi connectivity index (χ4v) is 2.84. The van der Waals surface area contributed by atoms with E-state index in [9.17, 15) is 4.79 Å². The molecule has 4 nitrogen and oxygen atoms in total. The second kappa shape index (κ2) is 6.57. The molecule has 1 heterocycles. The molecule has 1 aromatic carbocycles. The molecular weight excluding hydrogens is 264 g/mol. The van der Waals surface area contributed by atoms with Gasteiger partial charge in [-0.05, 0) is 25.0 Å². The van der Waals surface area contributed by atoms with Gasteiger partial charge >= 0.3 is 0 Å². The number of rotatable bonds is 3. The summed E-state index contributed by atoms with van der Waals surface area (Å²) < 4.78 is 5.24. The summed E-state index contributed by atoms with van der Waals surface area (Å²) in [5.41, 5.74) is 1.63. The molecule has 0 atom stereocenters. The van der Waals surface area contributed by atoms with Gasteiger partial charge in [0.25, 0.3) is 5.91 Å². The van der Waals surface area contributed by atoms with Crippen molar-refractivity contribution in [2.75, 3.05) is 0 Å². The maximum absolute atomic E-state index is 12.3. The predicted molar refractivity (Wildman–Crippen MR) is 80.9 cm³/mol. The van der Waals surface area contributed by atoms with Crippen LogP contribution in [0.4, 0.5) is 0 Å². The van der Waals surface area contributed by atoms with E-state index in [0.29, 0.717) is 17.4 Å². The lowest BCUT2D eigenvalue weighted by Crippen LogP contribution is -2.34. The number of hydrogen-bond acceptors (Lipinski definition) is 3. The van der Waals surface area contributed by atoms with Crippen LogP contribution in [-0.2, 0) is 0 Å². The second-order valence-corrected chi connectivity index (χ2v) is 5.60. The largest absolute Gasteiger partial charge is 0.444 e. The molecule has 1 amide bonds.